The van der Waals surface area contributed by atoms with Crippen molar-refractivity contribution in [2.75, 3.05) is 0 Å². The minimum atomic E-state index is -0.575. The molecule has 0 aliphatic rings. The van der Waals surface area contributed by atoms with Crippen molar-refractivity contribution >= 4 is 33.0 Å². The average molecular weight is 276 g/mol. The molecule has 7 heteroatoms. The van der Waals surface area contributed by atoms with Gasteiger partial charge in [-0.1, -0.05) is 6.92 Å². The van der Waals surface area contributed by atoms with E-state index in [0.717, 1.165) is 20.7 Å². The summed E-state index contributed by atoms with van der Waals surface area (Å²) in [6.45, 7) is 1.76. The van der Waals surface area contributed by atoms with Crippen molar-refractivity contribution in [1.29, 1.82) is 0 Å². The summed E-state index contributed by atoms with van der Waals surface area (Å²) in [7, 11) is 0. The number of aryl methyl sites for hydroxylation is 1. The largest absolute Gasteiger partial charge is 0.368 e. The first kappa shape index (κ1) is 11.9. The first-order valence-corrected chi connectivity index (χ1v) is 6.76. The number of hydrogen-bond acceptors (Lipinski definition) is 4. The van der Waals surface area contributed by atoms with Gasteiger partial charge in [0, 0.05) is 6.42 Å². The summed E-state index contributed by atoms with van der Waals surface area (Å²) in [5.41, 5.74) is 6.36. The Labute approximate surface area is 112 Å². The van der Waals surface area contributed by atoms with E-state index in [0.29, 0.717) is 11.9 Å². The molecule has 0 aromatic carbocycles. The van der Waals surface area contributed by atoms with E-state index in [9.17, 15) is 9.59 Å². The molecule has 0 spiro atoms. The molecule has 2 N–H and O–H groups in total. The molecule has 0 bridgehead atoms. The molecule has 0 saturated carbocycles. The van der Waals surface area contributed by atoms with Crippen molar-refractivity contribution in [2.24, 2.45) is 5.73 Å². The topological polar surface area (TPSA) is 82.4 Å². The molecule has 3 aromatic heterocycles. The lowest BCUT2D eigenvalue weighted by molar-refractivity contribution is -0.118. The lowest BCUT2D eigenvalue weighted by Crippen LogP contribution is -2.32. The van der Waals surface area contributed by atoms with E-state index < -0.39 is 5.91 Å². The number of aromatic nitrogens is 3. The van der Waals surface area contributed by atoms with Crippen LogP contribution in [0.5, 0.6) is 0 Å². The zero-order valence-corrected chi connectivity index (χ0v) is 11.1. The normalized spacial score (nSPS) is 11.4. The second-order valence-electron chi connectivity index (χ2n) is 4.23. The summed E-state index contributed by atoms with van der Waals surface area (Å²) in [5, 5.41) is 6.21. The zero-order chi connectivity index (χ0) is 13.6. The molecular weight excluding hydrogens is 264 g/mol. The van der Waals surface area contributed by atoms with Crippen LogP contribution in [0, 0.1) is 0 Å². The molecule has 0 radical (unpaired) electrons. The molecule has 3 aromatic rings. The van der Waals surface area contributed by atoms with E-state index in [2.05, 4.69) is 5.10 Å². The summed E-state index contributed by atoms with van der Waals surface area (Å²) < 4.78 is 4.02. The number of fused-ring (bicyclic) bond motifs is 3. The van der Waals surface area contributed by atoms with Crippen LogP contribution in [0.3, 0.4) is 0 Å². The second-order valence-corrected chi connectivity index (χ2v) is 5.18. The Bertz CT molecular complexity index is 843. The first-order chi connectivity index (χ1) is 9.11. The van der Waals surface area contributed by atoms with Crippen molar-refractivity contribution in [3.8, 4) is 0 Å². The summed E-state index contributed by atoms with van der Waals surface area (Å²) in [4.78, 5) is 23.3. The van der Waals surface area contributed by atoms with Crippen LogP contribution >= 0.6 is 11.3 Å². The highest BCUT2D eigenvalue weighted by Crippen LogP contribution is 2.24. The van der Waals surface area contributed by atoms with E-state index >= 15 is 0 Å². The van der Waals surface area contributed by atoms with Gasteiger partial charge in [0.05, 0.1) is 10.2 Å². The summed E-state index contributed by atoms with van der Waals surface area (Å²) in [6.07, 6.45) is 0.662. The van der Waals surface area contributed by atoms with Gasteiger partial charge in [-0.3, -0.25) is 14.0 Å². The molecule has 0 atom stereocenters. The highest BCUT2D eigenvalue weighted by molar-refractivity contribution is 7.17. The van der Waals surface area contributed by atoms with Gasteiger partial charge in [0.15, 0.2) is 0 Å². The van der Waals surface area contributed by atoms with Gasteiger partial charge in [-0.2, -0.15) is 5.10 Å². The van der Waals surface area contributed by atoms with E-state index in [1.54, 1.807) is 11.3 Å². The fraction of sp³-hybridized carbons (Fsp3) is 0.250. The highest BCUT2D eigenvalue weighted by atomic mass is 32.1. The zero-order valence-electron chi connectivity index (χ0n) is 10.3. The summed E-state index contributed by atoms with van der Waals surface area (Å²) in [5.74, 6) is 0.165. The van der Waals surface area contributed by atoms with E-state index in [1.807, 2.05) is 28.8 Å². The van der Waals surface area contributed by atoms with Crippen LogP contribution in [0.15, 0.2) is 22.3 Å². The average Bonchev–Trinajstić information content (AvgIpc) is 2.92. The Morgan fingerprint density at radius 3 is 2.95 bits per heavy atom. The van der Waals surface area contributed by atoms with Crippen LogP contribution in [0.1, 0.15) is 12.7 Å². The molecule has 6 nitrogen and oxygen atoms in total. The predicted molar refractivity (Wildman–Crippen MR) is 73.4 cm³/mol. The molecule has 3 rings (SSSR count). The number of amides is 1. The quantitative estimate of drug-likeness (QED) is 0.766. The van der Waals surface area contributed by atoms with Crippen LogP contribution in [0.25, 0.3) is 15.7 Å². The van der Waals surface area contributed by atoms with Crippen LogP contribution in [-0.4, -0.2) is 20.1 Å². The molecule has 0 saturated heterocycles. The fourth-order valence-corrected chi connectivity index (χ4v) is 3.01. The van der Waals surface area contributed by atoms with Gasteiger partial charge in [0.2, 0.25) is 5.91 Å². The maximum Gasteiger partial charge on any atom is 0.291 e. The number of rotatable bonds is 3. The van der Waals surface area contributed by atoms with Gasteiger partial charge in [-0.05, 0) is 17.5 Å². The number of thiophene rings is 1. The van der Waals surface area contributed by atoms with Crippen molar-refractivity contribution in [2.45, 2.75) is 19.9 Å². The number of carbonyl (C=O) groups is 1. The molecule has 98 valence electrons. The Morgan fingerprint density at radius 2 is 2.26 bits per heavy atom. The first-order valence-electron chi connectivity index (χ1n) is 5.88. The fourth-order valence-electron chi connectivity index (χ4n) is 2.21. The summed E-state index contributed by atoms with van der Waals surface area (Å²) >= 11 is 1.57. The lowest BCUT2D eigenvalue weighted by atomic mass is 10.4. The molecule has 3 heterocycles. The molecule has 19 heavy (non-hydrogen) atoms. The number of hydrogen-bond donors (Lipinski definition) is 1. The van der Waals surface area contributed by atoms with E-state index in [4.69, 9.17) is 5.73 Å². The van der Waals surface area contributed by atoms with Gasteiger partial charge in [-0.15, -0.1) is 11.3 Å². The molecular formula is C12H12N4O2S. The van der Waals surface area contributed by atoms with Gasteiger partial charge >= 0.3 is 0 Å². The standard InChI is InChI=1S/C12H12N4O2S/c1-2-11-14-15(6-10(13)17)12(18)8-5-9-7(16(8)11)3-4-19-9/h3-5H,2,6H2,1H3,(H2,13,17). The molecule has 0 aliphatic heterocycles. The molecule has 0 unspecified atom stereocenters. The summed E-state index contributed by atoms with van der Waals surface area (Å²) in [6, 6.07) is 3.80. The Hall–Kier alpha value is -2.15. The second kappa shape index (κ2) is 4.20. The van der Waals surface area contributed by atoms with Crippen molar-refractivity contribution < 1.29 is 4.79 Å². The number of nitrogens with zero attached hydrogens (tertiary/aromatic N) is 3. The smallest absolute Gasteiger partial charge is 0.291 e. The minimum Gasteiger partial charge on any atom is -0.368 e. The molecule has 1 amide bonds. The van der Waals surface area contributed by atoms with Crippen LogP contribution in [-0.2, 0) is 17.8 Å². The Balaban J connectivity index is 2.42. The van der Waals surface area contributed by atoms with Crippen molar-refractivity contribution in [3.05, 3.63) is 33.7 Å². The van der Waals surface area contributed by atoms with Crippen LogP contribution < -0.4 is 11.3 Å². The third-order valence-electron chi connectivity index (χ3n) is 2.99. The van der Waals surface area contributed by atoms with Gasteiger partial charge < -0.3 is 5.73 Å². The van der Waals surface area contributed by atoms with Crippen molar-refractivity contribution in [3.63, 3.8) is 0 Å². The highest BCUT2D eigenvalue weighted by Gasteiger charge is 2.14. The Kier molecular flexibility index (Phi) is 2.63. The third kappa shape index (κ3) is 1.74. The minimum absolute atomic E-state index is 0.193. The van der Waals surface area contributed by atoms with Crippen LogP contribution in [0.2, 0.25) is 0 Å². The maximum atomic E-state index is 12.3. The van der Waals surface area contributed by atoms with Gasteiger partial charge in [0.25, 0.3) is 5.56 Å². The molecule has 0 aliphatic carbocycles. The lowest BCUT2D eigenvalue weighted by Gasteiger charge is -2.08. The predicted octanol–water partition coefficient (Wildman–Crippen LogP) is 0.758. The van der Waals surface area contributed by atoms with Crippen molar-refractivity contribution in [1.82, 2.24) is 14.2 Å². The van der Waals surface area contributed by atoms with Gasteiger partial charge in [-0.25, -0.2) is 4.68 Å². The number of primary amides is 1. The number of carbonyl (C=O) groups excluding carboxylic acids is 1. The van der Waals surface area contributed by atoms with Gasteiger partial charge in [0.1, 0.15) is 17.9 Å². The van der Waals surface area contributed by atoms with Crippen LogP contribution in [0.4, 0.5) is 0 Å². The number of nitrogens with two attached hydrogens (primary N) is 1. The Morgan fingerprint density at radius 1 is 1.47 bits per heavy atom. The van der Waals surface area contributed by atoms with E-state index in [-0.39, 0.29) is 12.1 Å². The monoisotopic (exact) mass is 276 g/mol. The maximum absolute atomic E-state index is 12.3. The SMILES string of the molecule is CCc1nn(CC(N)=O)c(=O)c2cc3sccc3n12. The molecule has 0 fully saturated rings. The van der Waals surface area contributed by atoms with E-state index in [1.165, 1.54) is 0 Å². The third-order valence-corrected chi connectivity index (χ3v) is 3.85.